The Balaban J connectivity index is 2.07. The number of aromatic nitrogens is 2. The Hall–Kier alpha value is -1.42. The van der Waals surface area contributed by atoms with E-state index in [1.165, 1.54) is 11.8 Å². The van der Waals surface area contributed by atoms with E-state index in [1.54, 1.807) is 11.3 Å². The fourth-order valence-electron chi connectivity index (χ4n) is 1.78. The molecule has 0 fully saturated rings. The van der Waals surface area contributed by atoms with Crippen LogP contribution in [0.5, 0.6) is 0 Å². The van der Waals surface area contributed by atoms with E-state index in [0.717, 1.165) is 32.9 Å². The molecule has 0 amide bonds. The molecule has 21 heavy (non-hydrogen) atoms. The van der Waals surface area contributed by atoms with Gasteiger partial charge in [0.05, 0.1) is 5.56 Å². The zero-order valence-electron chi connectivity index (χ0n) is 12.4. The first-order chi connectivity index (χ1) is 10.1. The monoisotopic (exact) mass is 318 g/mol. The first-order valence-electron chi connectivity index (χ1n) is 6.80. The summed E-state index contributed by atoms with van der Waals surface area (Å²) in [5.41, 5.74) is 1.82. The van der Waals surface area contributed by atoms with Crippen LogP contribution in [0.25, 0.3) is 0 Å². The van der Waals surface area contributed by atoms with Gasteiger partial charge in [0, 0.05) is 11.4 Å². The second kappa shape index (κ2) is 7.55. The maximum atomic E-state index is 9.32. The van der Waals surface area contributed by atoms with Gasteiger partial charge in [-0.25, -0.2) is 0 Å². The molecule has 0 aliphatic rings. The predicted octanol–water partition coefficient (Wildman–Crippen LogP) is 3.62. The van der Waals surface area contributed by atoms with Crippen LogP contribution in [0.3, 0.4) is 0 Å². The largest absolute Gasteiger partial charge is 0.312 e. The molecule has 1 aromatic carbocycles. The van der Waals surface area contributed by atoms with Gasteiger partial charge in [0.25, 0.3) is 0 Å². The summed E-state index contributed by atoms with van der Waals surface area (Å²) >= 11 is 3.04. The first kappa shape index (κ1) is 16.0. The summed E-state index contributed by atoms with van der Waals surface area (Å²) in [6.07, 6.45) is 0. The molecule has 0 saturated carbocycles. The summed E-state index contributed by atoms with van der Waals surface area (Å²) < 4.78 is 0.870. The molecule has 2 rings (SSSR count). The summed E-state index contributed by atoms with van der Waals surface area (Å²) in [5.74, 6) is 0.621. The van der Waals surface area contributed by atoms with Crippen molar-refractivity contribution in [3.8, 4) is 6.07 Å². The van der Waals surface area contributed by atoms with Crippen molar-refractivity contribution in [2.24, 2.45) is 5.92 Å². The molecular formula is C15H18N4S2. The van der Waals surface area contributed by atoms with Crippen molar-refractivity contribution in [3.05, 3.63) is 34.3 Å². The van der Waals surface area contributed by atoms with E-state index in [-0.39, 0.29) is 0 Å². The Morgan fingerprint density at radius 2 is 2.19 bits per heavy atom. The minimum absolute atomic E-state index is 0.621. The summed E-state index contributed by atoms with van der Waals surface area (Å²) in [4.78, 5) is 0.932. The number of hydrogen-bond donors (Lipinski definition) is 1. The lowest BCUT2D eigenvalue weighted by molar-refractivity contribution is 0.552. The van der Waals surface area contributed by atoms with E-state index in [4.69, 9.17) is 0 Å². The van der Waals surface area contributed by atoms with Crippen molar-refractivity contribution in [3.63, 3.8) is 0 Å². The molecule has 1 heterocycles. The Morgan fingerprint density at radius 1 is 1.38 bits per heavy atom. The lowest BCUT2D eigenvalue weighted by Crippen LogP contribution is -2.18. The van der Waals surface area contributed by atoms with Crippen LogP contribution in [-0.4, -0.2) is 16.7 Å². The quantitative estimate of drug-likeness (QED) is 0.881. The van der Waals surface area contributed by atoms with E-state index < -0.39 is 0 Å². The Morgan fingerprint density at radius 3 is 2.81 bits per heavy atom. The van der Waals surface area contributed by atoms with Crippen LogP contribution in [0.15, 0.2) is 27.4 Å². The zero-order valence-corrected chi connectivity index (χ0v) is 14.0. The molecule has 2 aromatic rings. The molecule has 0 bridgehead atoms. The van der Waals surface area contributed by atoms with Gasteiger partial charge in [-0.2, -0.15) is 5.26 Å². The number of nitrogens with one attached hydrogen (secondary N) is 1. The predicted molar refractivity (Wildman–Crippen MR) is 86.5 cm³/mol. The van der Waals surface area contributed by atoms with Crippen LogP contribution in [-0.2, 0) is 6.54 Å². The molecule has 4 nitrogen and oxygen atoms in total. The number of benzene rings is 1. The third-order valence-electron chi connectivity index (χ3n) is 2.75. The van der Waals surface area contributed by atoms with Gasteiger partial charge in [-0.1, -0.05) is 43.0 Å². The van der Waals surface area contributed by atoms with Gasteiger partial charge in [-0.3, -0.25) is 0 Å². The first-order valence-corrected chi connectivity index (χ1v) is 8.43. The van der Waals surface area contributed by atoms with E-state index in [0.29, 0.717) is 11.5 Å². The molecule has 0 unspecified atom stereocenters. The number of hydrogen-bond acceptors (Lipinski definition) is 6. The average molecular weight is 318 g/mol. The third kappa shape index (κ3) is 4.81. The van der Waals surface area contributed by atoms with Gasteiger partial charge < -0.3 is 5.32 Å². The molecule has 6 heteroatoms. The van der Waals surface area contributed by atoms with Crippen molar-refractivity contribution in [1.82, 2.24) is 15.5 Å². The Labute approximate surface area is 133 Å². The molecule has 0 radical (unpaired) electrons. The van der Waals surface area contributed by atoms with Gasteiger partial charge in [-0.15, -0.1) is 10.2 Å². The van der Waals surface area contributed by atoms with Crippen LogP contribution in [0.2, 0.25) is 0 Å². The fourth-order valence-corrected chi connectivity index (χ4v) is 3.62. The minimum atomic E-state index is 0.621. The SMILES string of the molecule is Cc1nnc(Sc2ccc(CNCC(C)C)cc2C#N)s1. The van der Waals surface area contributed by atoms with Crippen LogP contribution in [0.1, 0.15) is 30.0 Å². The van der Waals surface area contributed by atoms with Gasteiger partial charge in [-0.05, 0) is 37.1 Å². The van der Waals surface area contributed by atoms with Gasteiger partial charge in [0.15, 0.2) is 4.34 Å². The van der Waals surface area contributed by atoms with E-state index in [1.807, 2.05) is 19.1 Å². The van der Waals surface area contributed by atoms with E-state index in [2.05, 4.69) is 41.5 Å². The van der Waals surface area contributed by atoms with Crippen molar-refractivity contribution < 1.29 is 0 Å². The number of rotatable bonds is 6. The van der Waals surface area contributed by atoms with Crippen LogP contribution >= 0.6 is 23.1 Å². The molecule has 1 aromatic heterocycles. The molecule has 1 N–H and O–H groups in total. The van der Waals surface area contributed by atoms with Crippen molar-refractivity contribution >= 4 is 23.1 Å². The lowest BCUT2D eigenvalue weighted by atomic mass is 10.1. The second-order valence-electron chi connectivity index (χ2n) is 5.16. The maximum Gasteiger partial charge on any atom is 0.179 e. The van der Waals surface area contributed by atoms with Gasteiger partial charge in [0.2, 0.25) is 0 Å². The number of aryl methyl sites for hydroxylation is 1. The molecule has 0 saturated heterocycles. The fraction of sp³-hybridized carbons (Fsp3) is 0.400. The van der Waals surface area contributed by atoms with Crippen molar-refractivity contribution in [1.29, 1.82) is 5.26 Å². The highest BCUT2D eigenvalue weighted by Crippen LogP contribution is 2.32. The highest BCUT2D eigenvalue weighted by molar-refractivity contribution is 8.01. The van der Waals surface area contributed by atoms with Crippen LogP contribution < -0.4 is 5.32 Å². The van der Waals surface area contributed by atoms with Crippen molar-refractivity contribution in [2.75, 3.05) is 6.54 Å². The normalized spacial score (nSPS) is 10.8. The smallest absolute Gasteiger partial charge is 0.179 e. The van der Waals surface area contributed by atoms with Gasteiger partial charge in [0.1, 0.15) is 11.1 Å². The Bertz CT molecular complexity index is 643. The molecule has 0 aliphatic carbocycles. The van der Waals surface area contributed by atoms with E-state index in [9.17, 15) is 5.26 Å². The Kier molecular flexibility index (Phi) is 5.74. The molecular weight excluding hydrogens is 300 g/mol. The van der Waals surface area contributed by atoms with Crippen LogP contribution in [0, 0.1) is 24.2 Å². The summed E-state index contributed by atoms with van der Waals surface area (Å²) in [6.45, 7) is 8.05. The third-order valence-corrected chi connectivity index (χ3v) is 4.72. The standard InChI is InChI=1S/C15H18N4S2/c1-10(2)8-17-9-12-4-5-14(13(6-12)7-16)21-15-19-18-11(3)20-15/h4-6,10,17H,8-9H2,1-3H3. The van der Waals surface area contributed by atoms with E-state index >= 15 is 0 Å². The molecule has 0 atom stereocenters. The lowest BCUT2D eigenvalue weighted by Gasteiger charge is -2.09. The molecule has 110 valence electrons. The van der Waals surface area contributed by atoms with Gasteiger partial charge >= 0.3 is 0 Å². The number of nitriles is 1. The summed E-state index contributed by atoms with van der Waals surface area (Å²) in [6, 6.07) is 8.27. The summed E-state index contributed by atoms with van der Waals surface area (Å²) in [5, 5.41) is 21.7. The highest BCUT2D eigenvalue weighted by Gasteiger charge is 2.09. The molecule has 0 spiro atoms. The summed E-state index contributed by atoms with van der Waals surface area (Å²) in [7, 11) is 0. The average Bonchev–Trinajstić information content (AvgIpc) is 2.85. The maximum absolute atomic E-state index is 9.32. The topological polar surface area (TPSA) is 61.6 Å². The highest BCUT2D eigenvalue weighted by atomic mass is 32.2. The minimum Gasteiger partial charge on any atom is -0.312 e. The number of nitrogens with zero attached hydrogens (tertiary/aromatic N) is 3. The molecule has 0 aliphatic heterocycles. The zero-order chi connectivity index (χ0) is 15.2. The second-order valence-corrected chi connectivity index (χ2v) is 7.63. The van der Waals surface area contributed by atoms with Crippen molar-refractivity contribution in [2.45, 2.75) is 36.6 Å². The van der Waals surface area contributed by atoms with Crippen LogP contribution in [0.4, 0.5) is 0 Å².